The Bertz CT molecular complexity index is 709. The number of hydrogen-bond donors (Lipinski definition) is 1. The van der Waals surface area contributed by atoms with E-state index in [1.165, 1.54) is 6.07 Å². The summed E-state index contributed by atoms with van der Waals surface area (Å²) in [6, 6.07) is 4.31. The van der Waals surface area contributed by atoms with Gasteiger partial charge in [0.2, 0.25) is 10.0 Å². The summed E-state index contributed by atoms with van der Waals surface area (Å²) in [4.78, 5) is 0. The number of hydrogen-bond acceptors (Lipinski definition) is 3. The quantitative estimate of drug-likeness (QED) is 0.556. The highest BCUT2D eigenvalue weighted by molar-refractivity contribution is 7.89. The number of ether oxygens (including phenoxy) is 1. The fourth-order valence-electron chi connectivity index (χ4n) is 2.99. The number of nitrogens with one attached hydrogen (secondary N) is 1. The van der Waals surface area contributed by atoms with Crippen LogP contribution in [0, 0.1) is 17.2 Å². The summed E-state index contributed by atoms with van der Waals surface area (Å²) < 4.78 is 47.5. The third-order valence-corrected chi connectivity index (χ3v) is 6.24. The van der Waals surface area contributed by atoms with E-state index >= 15 is 0 Å². The van der Waals surface area contributed by atoms with Gasteiger partial charge in [-0.25, -0.2) is 17.5 Å². The van der Waals surface area contributed by atoms with Gasteiger partial charge in [0, 0.05) is 6.04 Å². The molecule has 2 rings (SSSR count). The third-order valence-electron chi connectivity index (χ3n) is 4.77. The maximum atomic E-state index is 14.0. The molecule has 0 amide bonds. The zero-order valence-corrected chi connectivity index (χ0v) is 17.9. The summed E-state index contributed by atoms with van der Waals surface area (Å²) in [6.45, 7) is 8.85. The molecule has 0 aromatic heterocycles. The maximum Gasteiger partial charge on any atom is 0.212 e. The van der Waals surface area contributed by atoms with Gasteiger partial charge in [0.15, 0.2) is 11.6 Å². The van der Waals surface area contributed by atoms with Gasteiger partial charge in [-0.2, -0.15) is 0 Å². The van der Waals surface area contributed by atoms with Crippen LogP contribution in [0.15, 0.2) is 18.2 Å². The SMILES string of the molecule is CCC[C@@H](NS(=O)(=O)CCCC(C)(C)C)c1ccc(F)c(OCC2CC2)c1. The lowest BCUT2D eigenvalue weighted by atomic mass is 9.91. The van der Waals surface area contributed by atoms with E-state index in [1.807, 2.05) is 6.92 Å². The largest absolute Gasteiger partial charge is 0.490 e. The van der Waals surface area contributed by atoms with Crippen molar-refractivity contribution in [3.63, 3.8) is 0 Å². The van der Waals surface area contributed by atoms with Crippen molar-refractivity contribution in [1.82, 2.24) is 4.72 Å². The summed E-state index contributed by atoms with van der Waals surface area (Å²) in [5, 5.41) is 0. The van der Waals surface area contributed by atoms with Crippen molar-refractivity contribution < 1.29 is 17.5 Å². The normalized spacial score (nSPS) is 16.3. The Morgan fingerprint density at radius 1 is 1.30 bits per heavy atom. The molecule has 0 spiro atoms. The molecule has 1 aromatic carbocycles. The monoisotopic (exact) mass is 399 g/mol. The van der Waals surface area contributed by atoms with Crippen LogP contribution in [0.4, 0.5) is 4.39 Å². The summed E-state index contributed by atoms with van der Waals surface area (Å²) in [5.41, 5.74) is 0.867. The average Bonchev–Trinajstić information content (AvgIpc) is 3.36. The van der Waals surface area contributed by atoms with Gasteiger partial charge in [0.1, 0.15) is 0 Å². The predicted octanol–water partition coefficient (Wildman–Crippen LogP) is 5.20. The van der Waals surface area contributed by atoms with Gasteiger partial charge in [0.25, 0.3) is 0 Å². The Labute approximate surface area is 163 Å². The van der Waals surface area contributed by atoms with Gasteiger partial charge in [-0.15, -0.1) is 0 Å². The predicted molar refractivity (Wildman–Crippen MR) is 108 cm³/mol. The fraction of sp³-hybridized carbons (Fsp3) is 0.714. The molecule has 1 aliphatic carbocycles. The molecule has 6 heteroatoms. The molecule has 1 saturated carbocycles. The first-order chi connectivity index (χ1) is 12.6. The molecule has 0 aliphatic heterocycles. The van der Waals surface area contributed by atoms with Gasteiger partial charge in [-0.3, -0.25) is 0 Å². The Morgan fingerprint density at radius 2 is 2.00 bits per heavy atom. The van der Waals surface area contributed by atoms with Crippen molar-refractivity contribution >= 4 is 10.0 Å². The van der Waals surface area contributed by atoms with Gasteiger partial charge in [-0.1, -0.05) is 40.2 Å². The van der Waals surface area contributed by atoms with Gasteiger partial charge < -0.3 is 4.74 Å². The van der Waals surface area contributed by atoms with Crippen LogP contribution in [-0.2, 0) is 10.0 Å². The molecule has 1 aromatic rings. The highest BCUT2D eigenvalue weighted by atomic mass is 32.2. The highest BCUT2D eigenvalue weighted by Crippen LogP contribution is 2.31. The van der Waals surface area contributed by atoms with E-state index in [0.717, 1.165) is 31.2 Å². The van der Waals surface area contributed by atoms with Crippen LogP contribution in [-0.4, -0.2) is 20.8 Å². The number of halogens is 1. The second kappa shape index (κ2) is 9.37. The molecular formula is C21H34FNO3S. The molecule has 1 aliphatic rings. The molecule has 1 atom stereocenters. The van der Waals surface area contributed by atoms with Crippen LogP contribution in [0.1, 0.15) is 77.8 Å². The first-order valence-electron chi connectivity index (χ1n) is 10.0. The van der Waals surface area contributed by atoms with Crippen molar-refractivity contribution in [2.45, 2.75) is 72.3 Å². The molecule has 1 N–H and O–H groups in total. The molecule has 0 heterocycles. The van der Waals surface area contributed by atoms with Crippen LogP contribution in [0.25, 0.3) is 0 Å². The Balaban J connectivity index is 2.05. The minimum absolute atomic E-state index is 0.108. The first-order valence-corrected chi connectivity index (χ1v) is 11.7. The summed E-state index contributed by atoms with van der Waals surface area (Å²) in [6.07, 6.45) is 5.22. The molecular weight excluding hydrogens is 365 g/mol. The minimum atomic E-state index is -3.40. The number of benzene rings is 1. The minimum Gasteiger partial charge on any atom is -0.490 e. The second-order valence-corrected chi connectivity index (χ2v) is 10.8. The van der Waals surface area contributed by atoms with E-state index in [0.29, 0.717) is 25.4 Å². The molecule has 1 fully saturated rings. The van der Waals surface area contributed by atoms with Crippen LogP contribution in [0.2, 0.25) is 0 Å². The summed E-state index contributed by atoms with van der Waals surface area (Å²) >= 11 is 0. The van der Waals surface area contributed by atoms with E-state index in [-0.39, 0.29) is 23.0 Å². The Hall–Kier alpha value is -1.14. The van der Waals surface area contributed by atoms with Crippen molar-refractivity contribution in [3.8, 4) is 5.75 Å². The lowest BCUT2D eigenvalue weighted by Gasteiger charge is -2.21. The number of sulfonamides is 1. The zero-order chi connectivity index (χ0) is 20.1. The van der Waals surface area contributed by atoms with Crippen molar-refractivity contribution in [1.29, 1.82) is 0 Å². The molecule has 27 heavy (non-hydrogen) atoms. The average molecular weight is 400 g/mol. The maximum absolute atomic E-state index is 14.0. The molecule has 0 saturated heterocycles. The number of rotatable bonds is 11. The van der Waals surface area contributed by atoms with Crippen LogP contribution >= 0.6 is 0 Å². The topological polar surface area (TPSA) is 55.4 Å². The van der Waals surface area contributed by atoms with Gasteiger partial charge >= 0.3 is 0 Å². The van der Waals surface area contributed by atoms with E-state index in [9.17, 15) is 12.8 Å². The van der Waals surface area contributed by atoms with Crippen molar-refractivity contribution in [2.75, 3.05) is 12.4 Å². The zero-order valence-electron chi connectivity index (χ0n) is 17.1. The second-order valence-electron chi connectivity index (χ2n) is 8.89. The first kappa shape index (κ1) is 22.2. The summed E-state index contributed by atoms with van der Waals surface area (Å²) in [5.74, 6) is 0.451. The molecule has 4 nitrogen and oxygen atoms in total. The standard InChI is InChI=1S/C21H34FNO3S/c1-5-7-19(23-27(24,25)13-6-12-21(2,3)4)17-10-11-18(22)20(14-17)26-15-16-8-9-16/h10-11,14,16,19,23H,5-9,12-13,15H2,1-4H3/t19-/m1/s1. The Kier molecular flexibility index (Phi) is 7.69. The van der Waals surface area contributed by atoms with E-state index in [2.05, 4.69) is 25.5 Å². The van der Waals surface area contributed by atoms with Crippen molar-refractivity contribution in [3.05, 3.63) is 29.6 Å². The van der Waals surface area contributed by atoms with Crippen LogP contribution < -0.4 is 9.46 Å². The van der Waals surface area contributed by atoms with E-state index < -0.39 is 15.8 Å². The molecule has 0 bridgehead atoms. The fourth-order valence-corrected chi connectivity index (χ4v) is 4.32. The van der Waals surface area contributed by atoms with Gasteiger partial charge in [-0.05, 0) is 61.1 Å². The smallest absolute Gasteiger partial charge is 0.212 e. The van der Waals surface area contributed by atoms with Crippen LogP contribution in [0.3, 0.4) is 0 Å². The highest BCUT2D eigenvalue weighted by Gasteiger charge is 2.24. The lowest BCUT2D eigenvalue weighted by Crippen LogP contribution is -2.31. The van der Waals surface area contributed by atoms with E-state index in [4.69, 9.17) is 4.74 Å². The van der Waals surface area contributed by atoms with Gasteiger partial charge in [0.05, 0.1) is 12.4 Å². The lowest BCUT2D eigenvalue weighted by molar-refractivity contribution is 0.284. The van der Waals surface area contributed by atoms with E-state index in [1.54, 1.807) is 12.1 Å². The summed E-state index contributed by atoms with van der Waals surface area (Å²) in [7, 11) is -3.40. The Morgan fingerprint density at radius 3 is 2.59 bits per heavy atom. The van der Waals surface area contributed by atoms with Crippen LogP contribution in [0.5, 0.6) is 5.75 Å². The molecule has 0 unspecified atom stereocenters. The van der Waals surface area contributed by atoms with Crippen molar-refractivity contribution in [2.24, 2.45) is 11.3 Å². The molecule has 154 valence electrons. The third kappa shape index (κ3) is 8.18. The molecule has 0 radical (unpaired) electrons.